The average molecular weight is 428 g/mol. The molecule has 6 nitrogen and oxygen atoms in total. The summed E-state index contributed by atoms with van der Waals surface area (Å²) in [5.74, 6) is 1.21. The molecule has 0 atom stereocenters. The summed E-state index contributed by atoms with van der Waals surface area (Å²) in [5, 5.41) is 4.77. The minimum Gasteiger partial charge on any atom is -0.365 e. The molecule has 1 aromatic heterocycles. The van der Waals surface area contributed by atoms with Gasteiger partial charge in [0.25, 0.3) is 5.91 Å². The molecule has 2 aromatic rings. The van der Waals surface area contributed by atoms with Gasteiger partial charge < -0.3 is 22.1 Å². The van der Waals surface area contributed by atoms with E-state index in [2.05, 4.69) is 35.5 Å². The first-order valence-corrected chi connectivity index (χ1v) is 11.3. The third kappa shape index (κ3) is 6.28. The van der Waals surface area contributed by atoms with E-state index in [9.17, 15) is 4.79 Å². The summed E-state index contributed by atoms with van der Waals surface area (Å²) < 4.78 is 0. The predicted octanol–water partition coefficient (Wildman–Crippen LogP) is 4.99. The van der Waals surface area contributed by atoms with E-state index in [1.807, 2.05) is 19.1 Å². The normalized spacial score (nSPS) is 17.5. The minimum atomic E-state index is -0.400. The second-order valence-electron chi connectivity index (χ2n) is 8.59. The molecular formula is C25H41N5O. The zero-order valence-electron chi connectivity index (χ0n) is 19.0. The fourth-order valence-corrected chi connectivity index (χ4v) is 4.73. The number of aromatic nitrogens is 1. The van der Waals surface area contributed by atoms with Crippen LogP contribution >= 0.6 is 0 Å². The number of hydrogen-bond donors (Lipinski definition) is 3. The Morgan fingerprint density at radius 1 is 1.16 bits per heavy atom. The number of carbonyl (C=O) groups is 1. The SMILES string of the molecule is C=C.Cc1ccc2nc(N3CCC(NCC4CCCCC4)CC3)c(C(N)=O)cc2c1.N.[HH]. The molecule has 6 heteroatoms. The lowest BCUT2D eigenvalue weighted by Gasteiger charge is -2.35. The third-order valence-electron chi connectivity index (χ3n) is 6.43. The topological polar surface area (TPSA) is 106 Å². The first-order chi connectivity index (χ1) is 14.6. The van der Waals surface area contributed by atoms with Crippen LogP contribution in [0.25, 0.3) is 10.9 Å². The monoisotopic (exact) mass is 427 g/mol. The number of nitrogens with two attached hydrogens (primary N) is 1. The van der Waals surface area contributed by atoms with E-state index in [4.69, 9.17) is 10.7 Å². The standard InChI is InChI=1S/C23H32N4O.C2H4.H3N.H2/c1-16-7-8-21-18(13-16)14-20(22(24)28)23(26-21)27-11-9-19(10-12-27)25-15-17-5-3-2-4-6-17;1-2;;/h7-8,13-14,17,19,25H,2-6,9-12,15H2,1H3,(H2,24,28);1-2H2;1H3;1H. The van der Waals surface area contributed by atoms with E-state index in [1.165, 1.54) is 32.1 Å². The second kappa shape index (κ2) is 11.8. The van der Waals surface area contributed by atoms with Gasteiger partial charge in [0.2, 0.25) is 0 Å². The maximum absolute atomic E-state index is 12.1. The summed E-state index contributed by atoms with van der Waals surface area (Å²) in [5.41, 5.74) is 8.30. The van der Waals surface area contributed by atoms with Crippen molar-refractivity contribution >= 4 is 22.6 Å². The van der Waals surface area contributed by atoms with Crippen LogP contribution in [0.1, 0.15) is 62.3 Å². The molecule has 4 rings (SSSR count). The molecule has 1 aliphatic carbocycles. The average Bonchev–Trinajstić information content (AvgIpc) is 2.79. The second-order valence-corrected chi connectivity index (χ2v) is 8.59. The molecule has 0 spiro atoms. The van der Waals surface area contributed by atoms with Gasteiger partial charge in [-0.05, 0) is 63.3 Å². The van der Waals surface area contributed by atoms with Crippen LogP contribution < -0.4 is 22.1 Å². The van der Waals surface area contributed by atoms with Gasteiger partial charge in [0.05, 0.1) is 11.1 Å². The number of benzene rings is 1. The predicted molar refractivity (Wildman–Crippen MR) is 133 cm³/mol. The Balaban J connectivity index is 0.00000125. The van der Waals surface area contributed by atoms with Crippen LogP contribution in [0.4, 0.5) is 5.82 Å². The van der Waals surface area contributed by atoms with Gasteiger partial charge in [-0.25, -0.2) is 4.98 Å². The number of pyridine rings is 1. The number of aryl methyl sites for hydroxylation is 1. The van der Waals surface area contributed by atoms with Crippen molar-refractivity contribution in [3.05, 3.63) is 48.6 Å². The van der Waals surface area contributed by atoms with E-state index in [0.29, 0.717) is 11.6 Å². The van der Waals surface area contributed by atoms with Crippen LogP contribution in [-0.2, 0) is 0 Å². The molecule has 1 saturated carbocycles. The van der Waals surface area contributed by atoms with Gasteiger partial charge in [0.1, 0.15) is 5.82 Å². The highest BCUT2D eigenvalue weighted by Crippen LogP contribution is 2.27. The van der Waals surface area contributed by atoms with Gasteiger partial charge in [-0.1, -0.05) is 30.9 Å². The lowest BCUT2D eigenvalue weighted by atomic mass is 9.89. The summed E-state index contributed by atoms with van der Waals surface area (Å²) in [6, 6.07) is 8.61. The fourth-order valence-electron chi connectivity index (χ4n) is 4.73. The van der Waals surface area contributed by atoms with Crippen LogP contribution in [0.5, 0.6) is 0 Å². The van der Waals surface area contributed by atoms with Crippen molar-refractivity contribution in [2.75, 3.05) is 24.5 Å². The molecule has 2 aliphatic rings. The van der Waals surface area contributed by atoms with E-state index in [-0.39, 0.29) is 7.58 Å². The van der Waals surface area contributed by atoms with Crippen LogP contribution in [0.15, 0.2) is 37.4 Å². The Kier molecular flexibility index (Phi) is 9.46. The Morgan fingerprint density at radius 2 is 1.84 bits per heavy atom. The molecule has 0 unspecified atom stereocenters. The maximum Gasteiger partial charge on any atom is 0.252 e. The van der Waals surface area contributed by atoms with Gasteiger partial charge in [-0.15, -0.1) is 13.2 Å². The number of rotatable bonds is 5. The summed E-state index contributed by atoms with van der Waals surface area (Å²) >= 11 is 0. The number of fused-ring (bicyclic) bond motifs is 1. The van der Waals surface area contributed by atoms with E-state index in [1.54, 1.807) is 0 Å². The number of nitrogens with one attached hydrogen (secondary N) is 1. The smallest absolute Gasteiger partial charge is 0.252 e. The number of hydrogen-bond acceptors (Lipinski definition) is 5. The third-order valence-corrected chi connectivity index (χ3v) is 6.43. The number of nitrogens with zero attached hydrogens (tertiary/aromatic N) is 2. The highest BCUT2D eigenvalue weighted by molar-refractivity contribution is 6.01. The fraction of sp³-hybridized carbons (Fsp3) is 0.520. The molecule has 31 heavy (non-hydrogen) atoms. The molecule has 0 bridgehead atoms. The van der Waals surface area contributed by atoms with Crippen LogP contribution in [0.2, 0.25) is 0 Å². The Labute approximate surface area is 188 Å². The summed E-state index contributed by atoms with van der Waals surface area (Å²) in [6.07, 6.45) is 9.14. The number of amides is 1. The summed E-state index contributed by atoms with van der Waals surface area (Å²) in [7, 11) is 0. The Bertz CT molecular complexity index is 861. The molecule has 0 radical (unpaired) electrons. The molecule has 2 heterocycles. The number of anilines is 1. The molecule has 6 N–H and O–H groups in total. The van der Waals surface area contributed by atoms with Crippen molar-refractivity contribution in [3.8, 4) is 0 Å². The van der Waals surface area contributed by atoms with Crippen molar-refractivity contribution in [2.45, 2.75) is 57.9 Å². The van der Waals surface area contributed by atoms with Gasteiger partial charge >= 0.3 is 0 Å². The molecule has 172 valence electrons. The quantitative estimate of drug-likeness (QED) is 0.583. The molecule has 2 fully saturated rings. The molecule has 1 aliphatic heterocycles. The van der Waals surface area contributed by atoms with Crippen molar-refractivity contribution in [1.29, 1.82) is 0 Å². The van der Waals surface area contributed by atoms with Crippen molar-refractivity contribution in [1.82, 2.24) is 16.5 Å². The van der Waals surface area contributed by atoms with Gasteiger partial charge in [0, 0.05) is 25.9 Å². The summed E-state index contributed by atoms with van der Waals surface area (Å²) in [6.45, 7) is 11.0. The zero-order valence-corrected chi connectivity index (χ0v) is 19.0. The molecule has 1 aromatic carbocycles. The zero-order chi connectivity index (χ0) is 21.5. The largest absolute Gasteiger partial charge is 0.365 e. The Morgan fingerprint density at radius 3 is 2.48 bits per heavy atom. The first-order valence-electron chi connectivity index (χ1n) is 11.3. The van der Waals surface area contributed by atoms with E-state index in [0.717, 1.165) is 60.7 Å². The van der Waals surface area contributed by atoms with Crippen molar-refractivity contribution in [2.24, 2.45) is 11.7 Å². The summed E-state index contributed by atoms with van der Waals surface area (Å²) in [4.78, 5) is 19.1. The van der Waals surface area contributed by atoms with Gasteiger partial charge in [-0.3, -0.25) is 4.79 Å². The van der Waals surface area contributed by atoms with E-state index >= 15 is 0 Å². The van der Waals surface area contributed by atoms with E-state index < -0.39 is 5.91 Å². The van der Waals surface area contributed by atoms with Crippen LogP contribution in [0.3, 0.4) is 0 Å². The lowest BCUT2D eigenvalue weighted by Crippen LogP contribution is -2.44. The van der Waals surface area contributed by atoms with Crippen molar-refractivity contribution in [3.63, 3.8) is 0 Å². The lowest BCUT2D eigenvalue weighted by molar-refractivity contribution is 0.100. The number of piperidine rings is 1. The van der Waals surface area contributed by atoms with Gasteiger partial charge in [0.15, 0.2) is 0 Å². The minimum absolute atomic E-state index is 0. The molecular weight excluding hydrogens is 386 g/mol. The first kappa shape index (κ1) is 24.8. The highest BCUT2D eigenvalue weighted by atomic mass is 16.1. The highest BCUT2D eigenvalue weighted by Gasteiger charge is 2.24. The Hall–Kier alpha value is -2.44. The van der Waals surface area contributed by atoms with Crippen molar-refractivity contribution < 1.29 is 6.22 Å². The number of carbonyl (C=O) groups excluding carboxylic acids is 1. The van der Waals surface area contributed by atoms with Crippen LogP contribution in [-0.4, -0.2) is 36.6 Å². The molecule has 1 amide bonds. The number of primary amides is 1. The maximum atomic E-state index is 12.1. The molecule has 1 saturated heterocycles. The van der Waals surface area contributed by atoms with Crippen LogP contribution in [0, 0.1) is 12.8 Å². The van der Waals surface area contributed by atoms with Gasteiger partial charge in [-0.2, -0.15) is 0 Å².